The standard InChI is InChI=1S/C29H36N2O7/c1-5-14-38-22-8-7-21(17-19(22)2)27(32)25-26(20-6-9-23(35-3)24(18-20)36-4)31(29(34)28(25)33)11-10-30-12-15-37-16-13-30/h6-9,17-18,26,32H,5,10-16H2,1-4H3/b27-25+. The molecule has 1 unspecified atom stereocenters. The highest BCUT2D eigenvalue weighted by Gasteiger charge is 2.46. The van der Waals surface area contributed by atoms with Gasteiger partial charge in [-0.15, -0.1) is 0 Å². The Hall–Kier alpha value is -3.56. The molecule has 0 saturated carbocycles. The van der Waals surface area contributed by atoms with Crippen LogP contribution in [-0.4, -0.2) is 86.8 Å². The molecule has 2 fully saturated rings. The van der Waals surface area contributed by atoms with E-state index in [1.165, 1.54) is 12.0 Å². The highest BCUT2D eigenvalue weighted by atomic mass is 16.5. The highest BCUT2D eigenvalue weighted by molar-refractivity contribution is 6.46. The number of aliphatic hydroxyl groups is 1. The molecule has 2 aliphatic heterocycles. The predicted molar refractivity (Wildman–Crippen MR) is 143 cm³/mol. The molecule has 204 valence electrons. The van der Waals surface area contributed by atoms with Crippen LogP contribution in [0.3, 0.4) is 0 Å². The molecule has 9 heteroatoms. The lowest BCUT2D eigenvalue weighted by atomic mass is 9.94. The second kappa shape index (κ2) is 12.3. The van der Waals surface area contributed by atoms with Crippen molar-refractivity contribution in [2.75, 3.05) is 60.2 Å². The Morgan fingerprint density at radius 1 is 1.00 bits per heavy atom. The molecule has 2 aliphatic rings. The first-order chi connectivity index (χ1) is 18.4. The Labute approximate surface area is 223 Å². The van der Waals surface area contributed by atoms with Gasteiger partial charge in [-0.1, -0.05) is 13.0 Å². The summed E-state index contributed by atoms with van der Waals surface area (Å²) >= 11 is 0. The Morgan fingerprint density at radius 3 is 2.37 bits per heavy atom. The minimum absolute atomic E-state index is 0.0471. The van der Waals surface area contributed by atoms with E-state index in [4.69, 9.17) is 18.9 Å². The van der Waals surface area contributed by atoms with Crippen LogP contribution < -0.4 is 14.2 Å². The van der Waals surface area contributed by atoms with Crippen LogP contribution in [0.4, 0.5) is 0 Å². The van der Waals surface area contributed by atoms with Crippen molar-refractivity contribution in [3.8, 4) is 17.2 Å². The number of benzene rings is 2. The van der Waals surface area contributed by atoms with Gasteiger partial charge in [-0.05, 0) is 54.8 Å². The van der Waals surface area contributed by atoms with Crippen LogP contribution in [0.5, 0.6) is 17.2 Å². The number of amides is 1. The number of aliphatic hydroxyl groups excluding tert-OH is 1. The smallest absolute Gasteiger partial charge is 0.295 e. The van der Waals surface area contributed by atoms with Crippen LogP contribution >= 0.6 is 0 Å². The van der Waals surface area contributed by atoms with E-state index >= 15 is 0 Å². The number of ketones is 1. The van der Waals surface area contributed by atoms with E-state index in [2.05, 4.69) is 4.90 Å². The maximum absolute atomic E-state index is 13.4. The minimum Gasteiger partial charge on any atom is -0.507 e. The number of morpholine rings is 1. The molecule has 0 spiro atoms. The molecule has 0 radical (unpaired) electrons. The number of ether oxygens (including phenoxy) is 4. The molecule has 1 atom stereocenters. The Morgan fingerprint density at radius 2 is 1.71 bits per heavy atom. The van der Waals surface area contributed by atoms with Crippen LogP contribution in [0.1, 0.15) is 36.1 Å². The predicted octanol–water partition coefficient (Wildman–Crippen LogP) is 3.55. The Balaban J connectivity index is 1.76. The molecule has 2 heterocycles. The summed E-state index contributed by atoms with van der Waals surface area (Å²) in [4.78, 5) is 30.5. The third kappa shape index (κ3) is 5.63. The summed E-state index contributed by atoms with van der Waals surface area (Å²) < 4.78 is 22.1. The summed E-state index contributed by atoms with van der Waals surface area (Å²) in [6.07, 6.45) is 0.875. The molecule has 2 aromatic rings. The third-order valence-corrected chi connectivity index (χ3v) is 6.93. The third-order valence-electron chi connectivity index (χ3n) is 6.93. The van der Waals surface area contributed by atoms with Gasteiger partial charge in [0.25, 0.3) is 11.7 Å². The lowest BCUT2D eigenvalue weighted by Gasteiger charge is -2.31. The summed E-state index contributed by atoms with van der Waals surface area (Å²) in [6.45, 7) is 8.19. The zero-order chi connectivity index (χ0) is 27.2. The molecular formula is C29H36N2O7. The van der Waals surface area contributed by atoms with Crippen molar-refractivity contribution in [2.45, 2.75) is 26.3 Å². The lowest BCUT2D eigenvalue weighted by molar-refractivity contribution is -0.140. The zero-order valence-corrected chi connectivity index (χ0v) is 22.5. The number of rotatable bonds is 10. The number of methoxy groups -OCH3 is 2. The highest BCUT2D eigenvalue weighted by Crippen LogP contribution is 2.42. The summed E-state index contributed by atoms with van der Waals surface area (Å²) in [5, 5.41) is 11.4. The van der Waals surface area contributed by atoms with E-state index in [9.17, 15) is 14.7 Å². The van der Waals surface area contributed by atoms with Gasteiger partial charge in [0.2, 0.25) is 0 Å². The Bertz CT molecular complexity index is 1200. The van der Waals surface area contributed by atoms with Crippen molar-refractivity contribution >= 4 is 17.4 Å². The zero-order valence-electron chi connectivity index (χ0n) is 22.5. The van der Waals surface area contributed by atoms with E-state index in [0.717, 1.165) is 25.1 Å². The number of hydrogen-bond donors (Lipinski definition) is 1. The number of aryl methyl sites for hydroxylation is 1. The lowest BCUT2D eigenvalue weighted by Crippen LogP contribution is -2.42. The molecule has 1 amide bonds. The number of nitrogens with zero attached hydrogens (tertiary/aromatic N) is 2. The van der Waals surface area contributed by atoms with Gasteiger partial charge in [-0.2, -0.15) is 0 Å². The molecule has 0 aromatic heterocycles. The van der Waals surface area contributed by atoms with Crippen molar-refractivity contribution in [3.63, 3.8) is 0 Å². The average molecular weight is 525 g/mol. The second-order valence-electron chi connectivity index (χ2n) is 9.39. The van der Waals surface area contributed by atoms with Crippen LogP contribution in [0, 0.1) is 6.92 Å². The monoisotopic (exact) mass is 524 g/mol. The molecule has 4 rings (SSSR count). The summed E-state index contributed by atoms with van der Waals surface area (Å²) in [5.74, 6) is 0.136. The summed E-state index contributed by atoms with van der Waals surface area (Å²) in [7, 11) is 3.07. The molecule has 0 bridgehead atoms. The van der Waals surface area contributed by atoms with Gasteiger partial charge >= 0.3 is 0 Å². The van der Waals surface area contributed by atoms with Gasteiger partial charge in [0.15, 0.2) is 11.5 Å². The minimum atomic E-state index is -0.785. The topological polar surface area (TPSA) is 97.8 Å². The molecule has 1 N–H and O–H groups in total. The molecule has 0 aliphatic carbocycles. The quantitative estimate of drug-likeness (QED) is 0.286. The van der Waals surface area contributed by atoms with Gasteiger partial charge < -0.3 is 29.0 Å². The van der Waals surface area contributed by atoms with Gasteiger partial charge in [0, 0.05) is 31.7 Å². The van der Waals surface area contributed by atoms with Crippen molar-refractivity contribution in [1.29, 1.82) is 0 Å². The maximum atomic E-state index is 13.4. The Kier molecular flexibility index (Phi) is 8.91. The maximum Gasteiger partial charge on any atom is 0.295 e. The van der Waals surface area contributed by atoms with Crippen molar-refractivity contribution in [2.24, 2.45) is 0 Å². The van der Waals surface area contributed by atoms with Crippen LogP contribution in [0.2, 0.25) is 0 Å². The average Bonchev–Trinajstić information content (AvgIpc) is 3.20. The molecule has 9 nitrogen and oxygen atoms in total. The first-order valence-electron chi connectivity index (χ1n) is 12.9. The molecule has 38 heavy (non-hydrogen) atoms. The van der Waals surface area contributed by atoms with E-state index in [-0.39, 0.29) is 11.3 Å². The second-order valence-corrected chi connectivity index (χ2v) is 9.39. The van der Waals surface area contributed by atoms with E-state index in [0.29, 0.717) is 61.3 Å². The van der Waals surface area contributed by atoms with Crippen LogP contribution in [0.15, 0.2) is 42.0 Å². The number of carbonyl (C=O) groups excluding carboxylic acids is 2. The molecule has 2 aromatic carbocycles. The summed E-state index contributed by atoms with van der Waals surface area (Å²) in [5.41, 5.74) is 1.96. The van der Waals surface area contributed by atoms with Gasteiger partial charge in [0.1, 0.15) is 11.5 Å². The largest absolute Gasteiger partial charge is 0.507 e. The van der Waals surface area contributed by atoms with Gasteiger partial charge in [-0.25, -0.2) is 0 Å². The van der Waals surface area contributed by atoms with Crippen molar-refractivity contribution < 1.29 is 33.6 Å². The van der Waals surface area contributed by atoms with Crippen LogP contribution in [0.25, 0.3) is 5.76 Å². The van der Waals surface area contributed by atoms with Crippen molar-refractivity contribution in [1.82, 2.24) is 9.80 Å². The first kappa shape index (κ1) is 27.5. The fourth-order valence-electron chi connectivity index (χ4n) is 4.88. The first-order valence-corrected chi connectivity index (χ1v) is 12.9. The van der Waals surface area contributed by atoms with E-state index in [1.54, 1.807) is 43.5 Å². The molecular weight excluding hydrogens is 488 g/mol. The summed E-state index contributed by atoms with van der Waals surface area (Å²) in [6, 6.07) is 9.75. The van der Waals surface area contributed by atoms with Gasteiger partial charge in [-0.3, -0.25) is 14.5 Å². The number of carbonyl (C=O) groups is 2. The fraction of sp³-hybridized carbons (Fsp3) is 0.448. The normalized spacial score (nSPS) is 19.6. The van der Waals surface area contributed by atoms with E-state index in [1.807, 2.05) is 13.8 Å². The number of Topliss-reactive ketones (excluding diaryl/α,β-unsaturated/α-hetero) is 1. The van der Waals surface area contributed by atoms with Gasteiger partial charge in [0.05, 0.1) is 45.7 Å². The number of likely N-dealkylation sites (tertiary alicyclic amines) is 1. The SMILES string of the molecule is CCCOc1ccc(/C(O)=C2\C(=O)C(=O)N(CCN3CCOCC3)C2c2ccc(OC)c(OC)c2)cc1C. The fourth-order valence-corrected chi connectivity index (χ4v) is 4.88. The van der Waals surface area contributed by atoms with Crippen molar-refractivity contribution in [3.05, 3.63) is 58.7 Å². The molecule has 2 saturated heterocycles. The van der Waals surface area contributed by atoms with E-state index < -0.39 is 17.7 Å². The van der Waals surface area contributed by atoms with Crippen LogP contribution in [-0.2, 0) is 14.3 Å². The number of hydrogen-bond acceptors (Lipinski definition) is 8.